The van der Waals surface area contributed by atoms with E-state index in [4.69, 9.17) is 9.15 Å². The Hall–Kier alpha value is -3.96. The van der Waals surface area contributed by atoms with Gasteiger partial charge in [-0.25, -0.2) is 4.98 Å². The molecule has 4 rings (SSSR count). The number of methoxy groups -OCH3 is 1. The van der Waals surface area contributed by atoms with Gasteiger partial charge in [-0.1, -0.05) is 23.5 Å². The number of aromatic nitrogens is 1. The molecule has 2 aromatic carbocycles. The van der Waals surface area contributed by atoms with E-state index in [9.17, 15) is 14.9 Å². The van der Waals surface area contributed by atoms with Gasteiger partial charge in [0.1, 0.15) is 29.2 Å². The lowest BCUT2D eigenvalue weighted by Gasteiger charge is -2.03. The van der Waals surface area contributed by atoms with Crippen molar-refractivity contribution in [2.45, 2.75) is 0 Å². The molecule has 0 fully saturated rings. The summed E-state index contributed by atoms with van der Waals surface area (Å²) >= 11 is 1.30. The van der Waals surface area contributed by atoms with Crippen LogP contribution in [-0.4, -0.2) is 18.0 Å². The Balaban J connectivity index is 1.66. The zero-order valence-corrected chi connectivity index (χ0v) is 15.9. The first kappa shape index (κ1) is 18.4. The van der Waals surface area contributed by atoms with Gasteiger partial charge in [0.15, 0.2) is 10.6 Å². The minimum Gasteiger partial charge on any atom is -0.497 e. The first-order valence-electron chi connectivity index (χ1n) is 8.47. The third-order valence-electron chi connectivity index (χ3n) is 4.19. The van der Waals surface area contributed by atoms with Crippen molar-refractivity contribution in [2.24, 2.45) is 0 Å². The highest BCUT2D eigenvalue weighted by molar-refractivity contribution is 7.22. The van der Waals surface area contributed by atoms with E-state index in [2.05, 4.69) is 10.3 Å². The molecule has 2 aromatic heterocycles. The van der Waals surface area contributed by atoms with E-state index in [1.807, 2.05) is 30.3 Å². The van der Waals surface area contributed by atoms with Crippen LogP contribution in [0.15, 0.2) is 63.5 Å². The van der Waals surface area contributed by atoms with Gasteiger partial charge < -0.3 is 9.15 Å². The Bertz CT molecular complexity index is 1350. The summed E-state index contributed by atoms with van der Waals surface area (Å²) < 4.78 is 11.5. The number of fused-ring (bicyclic) bond motifs is 2. The normalized spacial score (nSPS) is 11.4. The summed E-state index contributed by atoms with van der Waals surface area (Å²) in [6, 6.07) is 14.1. The molecule has 0 aliphatic carbocycles. The number of thiazole rings is 1. The van der Waals surface area contributed by atoms with Crippen LogP contribution in [0.4, 0.5) is 5.13 Å². The SMILES string of the molecule is COc1ccc2c(=O)c(/C=C(/C#N)C(=O)Nc3nc4ccccc4s3)coc2c1. The number of nitriles is 1. The van der Waals surface area contributed by atoms with Gasteiger partial charge in [-0.2, -0.15) is 5.26 Å². The van der Waals surface area contributed by atoms with Gasteiger partial charge in [0.2, 0.25) is 0 Å². The van der Waals surface area contributed by atoms with Gasteiger partial charge in [0.25, 0.3) is 5.91 Å². The molecule has 2 heterocycles. The second-order valence-electron chi connectivity index (χ2n) is 5.99. The molecule has 142 valence electrons. The van der Waals surface area contributed by atoms with Crippen molar-refractivity contribution in [3.05, 3.63) is 70.1 Å². The summed E-state index contributed by atoms with van der Waals surface area (Å²) in [5, 5.41) is 12.7. The number of rotatable bonds is 4. The van der Waals surface area contributed by atoms with Crippen LogP contribution >= 0.6 is 11.3 Å². The molecule has 1 amide bonds. The van der Waals surface area contributed by atoms with Crippen molar-refractivity contribution in [1.29, 1.82) is 5.26 Å². The predicted octanol–water partition coefficient (Wildman–Crippen LogP) is 3.96. The molecule has 4 aromatic rings. The van der Waals surface area contributed by atoms with E-state index in [0.717, 1.165) is 10.2 Å². The Morgan fingerprint density at radius 1 is 1.31 bits per heavy atom. The lowest BCUT2D eigenvalue weighted by molar-refractivity contribution is -0.112. The average molecular weight is 403 g/mol. The number of anilines is 1. The Kier molecular flexibility index (Phi) is 4.81. The van der Waals surface area contributed by atoms with E-state index in [1.165, 1.54) is 30.8 Å². The minimum absolute atomic E-state index is 0.0960. The Morgan fingerprint density at radius 2 is 2.14 bits per heavy atom. The van der Waals surface area contributed by atoms with E-state index in [0.29, 0.717) is 21.9 Å². The number of nitrogens with one attached hydrogen (secondary N) is 1. The minimum atomic E-state index is -0.652. The van der Waals surface area contributed by atoms with E-state index in [1.54, 1.807) is 18.2 Å². The first-order chi connectivity index (χ1) is 14.1. The number of ether oxygens (including phenoxy) is 1. The van der Waals surface area contributed by atoms with Gasteiger partial charge in [-0.05, 0) is 30.3 Å². The molecule has 0 saturated heterocycles. The molecule has 0 unspecified atom stereocenters. The van der Waals surface area contributed by atoms with Crippen LogP contribution in [-0.2, 0) is 4.79 Å². The maximum Gasteiger partial charge on any atom is 0.268 e. The van der Waals surface area contributed by atoms with Crippen LogP contribution in [0.3, 0.4) is 0 Å². The number of hydrogen-bond donors (Lipinski definition) is 1. The van der Waals surface area contributed by atoms with Crippen LogP contribution in [0.5, 0.6) is 5.75 Å². The van der Waals surface area contributed by atoms with Gasteiger partial charge in [-0.15, -0.1) is 0 Å². The number of benzene rings is 2. The Labute approximate surface area is 168 Å². The van der Waals surface area contributed by atoms with Crippen molar-refractivity contribution in [1.82, 2.24) is 4.98 Å². The highest BCUT2D eigenvalue weighted by atomic mass is 32.1. The van der Waals surface area contributed by atoms with Crippen LogP contribution in [0.1, 0.15) is 5.56 Å². The fourth-order valence-corrected chi connectivity index (χ4v) is 3.61. The number of hydrogen-bond acceptors (Lipinski definition) is 7. The lowest BCUT2D eigenvalue weighted by atomic mass is 10.1. The summed E-state index contributed by atoms with van der Waals surface area (Å²) in [7, 11) is 1.51. The third-order valence-corrected chi connectivity index (χ3v) is 5.14. The standard InChI is InChI=1S/C21H13N3O4S/c1-27-14-6-7-15-17(9-14)28-11-13(19(15)25)8-12(10-22)20(26)24-21-23-16-4-2-3-5-18(16)29-21/h2-9,11H,1H3,(H,23,24,26)/b12-8-. The maximum atomic E-state index is 12.7. The van der Waals surface area contributed by atoms with E-state index in [-0.39, 0.29) is 16.6 Å². The lowest BCUT2D eigenvalue weighted by Crippen LogP contribution is -2.14. The second-order valence-corrected chi connectivity index (χ2v) is 7.02. The maximum absolute atomic E-state index is 12.7. The van der Waals surface area contributed by atoms with Gasteiger partial charge in [0.05, 0.1) is 28.3 Å². The average Bonchev–Trinajstić information content (AvgIpc) is 3.15. The van der Waals surface area contributed by atoms with Crippen molar-refractivity contribution < 1.29 is 13.9 Å². The van der Waals surface area contributed by atoms with Crippen LogP contribution in [0.25, 0.3) is 27.3 Å². The summed E-state index contributed by atoms with van der Waals surface area (Å²) in [4.78, 5) is 29.5. The predicted molar refractivity (Wildman–Crippen MR) is 111 cm³/mol. The molecule has 7 nitrogen and oxygen atoms in total. The molecule has 0 bridgehead atoms. The molecule has 0 aliphatic heterocycles. The fraction of sp³-hybridized carbons (Fsp3) is 0.0476. The number of amides is 1. The number of nitrogens with zero attached hydrogens (tertiary/aromatic N) is 2. The Morgan fingerprint density at radius 3 is 2.90 bits per heavy atom. The van der Waals surface area contributed by atoms with Crippen LogP contribution in [0.2, 0.25) is 0 Å². The summed E-state index contributed by atoms with van der Waals surface area (Å²) in [5.74, 6) is -0.0994. The summed E-state index contributed by atoms with van der Waals surface area (Å²) in [6.45, 7) is 0. The molecule has 0 atom stereocenters. The fourth-order valence-electron chi connectivity index (χ4n) is 2.74. The first-order valence-corrected chi connectivity index (χ1v) is 9.29. The van der Waals surface area contributed by atoms with Crippen molar-refractivity contribution in [3.8, 4) is 11.8 Å². The molecule has 0 radical (unpaired) electrons. The highest BCUT2D eigenvalue weighted by Crippen LogP contribution is 2.26. The largest absolute Gasteiger partial charge is 0.497 e. The number of carbonyl (C=O) groups is 1. The topological polar surface area (TPSA) is 105 Å². The molecule has 29 heavy (non-hydrogen) atoms. The molecular formula is C21H13N3O4S. The van der Waals surface area contributed by atoms with E-state index >= 15 is 0 Å². The van der Waals surface area contributed by atoms with Crippen molar-refractivity contribution >= 4 is 49.6 Å². The molecule has 1 N–H and O–H groups in total. The van der Waals surface area contributed by atoms with Gasteiger partial charge in [0, 0.05) is 6.07 Å². The zero-order chi connectivity index (χ0) is 20.4. The second kappa shape index (κ2) is 7.58. The van der Waals surface area contributed by atoms with Gasteiger partial charge >= 0.3 is 0 Å². The van der Waals surface area contributed by atoms with Crippen molar-refractivity contribution in [2.75, 3.05) is 12.4 Å². The molecule has 0 saturated carbocycles. The number of para-hydroxylation sites is 1. The van der Waals surface area contributed by atoms with Crippen LogP contribution < -0.4 is 15.5 Å². The highest BCUT2D eigenvalue weighted by Gasteiger charge is 2.14. The molecule has 0 spiro atoms. The van der Waals surface area contributed by atoms with Crippen LogP contribution in [0, 0.1) is 11.3 Å². The molecule has 0 aliphatic rings. The smallest absolute Gasteiger partial charge is 0.268 e. The van der Waals surface area contributed by atoms with Crippen molar-refractivity contribution in [3.63, 3.8) is 0 Å². The molecule has 8 heteroatoms. The van der Waals surface area contributed by atoms with Gasteiger partial charge in [-0.3, -0.25) is 14.9 Å². The third kappa shape index (κ3) is 3.59. The number of carbonyl (C=O) groups excluding carboxylic acids is 1. The monoisotopic (exact) mass is 403 g/mol. The van der Waals surface area contributed by atoms with E-state index < -0.39 is 5.91 Å². The summed E-state index contributed by atoms with van der Waals surface area (Å²) in [5.41, 5.74) is 0.613. The molecular weight excluding hydrogens is 390 g/mol. The summed E-state index contributed by atoms with van der Waals surface area (Å²) in [6.07, 6.45) is 2.42. The zero-order valence-electron chi connectivity index (χ0n) is 15.1. The quantitative estimate of drug-likeness (QED) is 0.408.